The summed E-state index contributed by atoms with van der Waals surface area (Å²) in [6.07, 6.45) is 4.83. The predicted octanol–water partition coefficient (Wildman–Crippen LogP) is 2.16. The second-order valence-corrected chi connectivity index (χ2v) is 5.56. The molecule has 0 aromatic heterocycles. The van der Waals surface area contributed by atoms with E-state index in [-0.39, 0.29) is 11.5 Å². The quantitative estimate of drug-likeness (QED) is 0.635. The van der Waals surface area contributed by atoms with Gasteiger partial charge in [-0.05, 0) is 52.0 Å². The van der Waals surface area contributed by atoms with Crippen molar-refractivity contribution in [2.24, 2.45) is 11.3 Å². The zero-order valence-corrected chi connectivity index (χ0v) is 10.7. The maximum atomic E-state index is 10.9. The first-order valence-corrected chi connectivity index (χ1v) is 6.34. The molecule has 96 valence electrons. The van der Waals surface area contributed by atoms with E-state index in [2.05, 4.69) is 11.4 Å². The van der Waals surface area contributed by atoms with Crippen molar-refractivity contribution in [3.63, 3.8) is 0 Å². The van der Waals surface area contributed by atoms with Crippen LogP contribution in [0.3, 0.4) is 0 Å². The summed E-state index contributed by atoms with van der Waals surface area (Å²) >= 11 is 0. The van der Waals surface area contributed by atoms with Crippen LogP contribution in [-0.2, 0) is 4.79 Å². The lowest BCUT2D eigenvalue weighted by atomic mass is 9.89. The van der Waals surface area contributed by atoms with Crippen molar-refractivity contribution in [2.45, 2.75) is 52.0 Å². The Hall–Kier alpha value is -1.08. The van der Waals surface area contributed by atoms with Crippen molar-refractivity contribution in [1.29, 1.82) is 5.26 Å². The molecule has 1 rings (SSSR count). The van der Waals surface area contributed by atoms with E-state index in [1.165, 1.54) is 0 Å². The molecule has 1 saturated carbocycles. The summed E-state index contributed by atoms with van der Waals surface area (Å²) in [7, 11) is 0. The van der Waals surface area contributed by atoms with Crippen molar-refractivity contribution in [1.82, 2.24) is 5.32 Å². The van der Waals surface area contributed by atoms with Gasteiger partial charge in [-0.2, -0.15) is 5.26 Å². The van der Waals surface area contributed by atoms with Gasteiger partial charge in [0.15, 0.2) is 0 Å². The van der Waals surface area contributed by atoms with Crippen molar-refractivity contribution >= 4 is 5.97 Å². The Kier molecular flexibility index (Phi) is 4.95. The second-order valence-electron chi connectivity index (χ2n) is 5.56. The lowest BCUT2D eigenvalue weighted by molar-refractivity contribution is -0.140. The van der Waals surface area contributed by atoms with Crippen LogP contribution < -0.4 is 5.32 Å². The van der Waals surface area contributed by atoms with E-state index >= 15 is 0 Å². The summed E-state index contributed by atoms with van der Waals surface area (Å²) in [5.74, 6) is -0.395. The van der Waals surface area contributed by atoms with Crippen molar-refractivity contribution in [3.8, 4) is 6.07 Å². The highest BCUT2D eigenvalue weighted by Gasteiger charge is 2.35. The zero-order chi connectivity index (χ0) is 12.9. The van der Waals surface area contributed by atoms with Crippen LogP contribution in [-0.4, -0.2) is 23.7 Å². The van der Waals surface area contributed by atoms with Gasteiger partial charge in [0.05, 0.1) is 11.5 Å². The van der Waals surface area contributed by atoms with Crippen LogP contribution in [0.1, 0.15) is 46.0 Å². The van der Waals surface area contributed by atoms with Crippen molar-refractivity contribution in [3.05, 3.63) is 0 Å². The highest BCUT2D eigenvalue weighted by atomic mass is 16.4. The molecule has 1 aliphatic carbocycles. The predicted molar refractivity (Wildman–Crippen MR) is 65.4 cm³/mol. The molecule has 2 N–H and O–H groups in total. The third-order valence-corrected chi connectivity index (χ3v) is 3.25. The van der Waals surface area contributed by atoms with Gasteiger partial charge in [-0.15, -0.1) is 0 Å². The summed E-state index contributed by atoms with van der Waals surface area (Å²) in [5, 5.41) is 21.0. The number of unbranched alkanes of at least 4 members (excludes halogenated alkanes) is 1. The topological polar surface area (TPSA) is 73.1 Å². The molecular weight excluding hydrogens is 216 g/mol. The van der Waals surface area contributed by atoms with Gasteiger partial charge in [-0.25, -0.2) is 0 Å². The van der Waals surface area contributed by atoms with Gasteiger partial charge in [-0.1, -0.05) is 6.42 Å². The molecule has 0 bridgehead atoms. The number of nitrogens with zero attached hydrogens (tertiary/aromatic N) is 1. The van der Waals surface area contributed by atoms with Gasteiger partial charge in [0.1, 0.15) is 6.04 Å². The number of hydrogen-bond acceptors (Lipinski definition) is 3. The maximum Gasteiger partial charge on any atom is 0.320 e. The molecule has 0 heterocycles. The first-order valence-electron chi connectivity index (χ1n) is 6.34. The first kappa shape index (κ1) is 14.0. The zero-order valence-electron chi connectivity index (χ0n) is 10.7. The molecule has 0 radical (unpaired) electrons. The van der Waals surface area contributed by atoms with Crippen LogP contribution in [0.2, 0.25) is 0 Å². The molecular formula is C13H22N2O2. The number of nitrogens with one attached hydrogen (secondary N) is 1. The number of carboxylic acids is 1. The largest absolute Gasteiger partial charge is 0.480 e. The van der Waals surface area contributed by atoms with Gasteiger partial charge >= 0.3 is 5.97 Å². The van der Waals surface area contributed by atoms with Crippen LogP contribution in [0, 0.1) is 22.7 Å². The fourth-order valence-corrected chi connectivity index (χ4v) is 1.89. The van der Waals surface area contributed by atoms with E-state index in [9.17, 15) is 4.79 Å². The standard InChI is InChI=1S/C13H22N2O2/c1-13(2,9-14)7-3-4-8-15-11(12(16)17)10-5-6-10/h10-11,15H,3-8H2,1-2H3,(H,16,17). The Morgan fingerprint density at radius 2 is 2.18 bits per heavy atom. The first-order chi connectivity index (χ1) is 7.96. The molecule has 0 aliphatic heterocycles. The number of nitriles is 1. The smallest absolute Gasteiger partial charge is 0.320 e. The summed E-state index contributed by atoms with van der Waals surface area (Å²) in [4.78, 5) is 10.9. The summed E-state index contributed by atoms with van der Waals surface area (Å²) in [6.45, 7) is 4.60. The van der Waals surface area contributed by atoms with E-state index in [0.29, 0.717) is 5.92 Å². The van der Waals surface area contributed by atoms with Crippen molar-refractivity contribution < 1.29 is 9.90 Å². The van der Waals surface area contributed by atoms with Gasteiger partial charge in [0.2, 0.25) is 0 Å². The maximum absolute atomic E-state index is 10.9. The van der Waals surface area contributed by atoms with Crippen LogP contribution in [0.4, 0.5) is 0 Å². The Morgan fingerprint density at radius 1 is 1.53 bits per heavy atom. The molecule has 0 spiro atoms. The molecule has 1 unspecified atom stereocenters. The van der Waals surface area contributed by atoms with E-state index < -0.39 is 5.97 Å². The molecule has 1 fully saturated rings. The monoisotopic (exact) mass is 238 g/mol. The van der Waals surface area contributed by atoms with E-state index in [1.807, 2.05) is 13.8 Å². The number of rotatable bonds is 8. The molecule has 17 heavy (non-hydrogen) atoms. The third kappa shape index (κ3) is 5.18. The minimum atomic E-state index is -0.732. The average Bonchev–Trinajstić information content (AvgIpc) is 3.06. The molecule has 0 amide bonds. The SMILES string of the molecule is CC(C)(C#N)CCCCNC(C(=O)O)C1CC1. The Bertz CT molecular complexity index is 303. The summed E-state index contributed by atoms with van der Waals surface area (Å²) in [6, 6.07) is 1.91. The molecule has 0 saturated heterocycles. The highest BCUT2D eigenvalue weighted by Crippen LogP contribution is 2.32. The van der Waals surface area contributed by atoms with Crippen molar-refractivity contribution in [2.75, 3.05) is 6.54 Å². The number of carboxylic acid groups (broad SMARTS) is 1. The fraction of sp³-hybridized carbons (Fsp3) is 0.846. The van der Waals surface area contributed by atoms with E-state index in [4.69, 9.17) is 10.4 Å². The van der Waals surface area contributed by atoms with Gasteiger partial charge in [-0.3, -0.25) is 4.79 Å². The third-order valence-electron chi connectivity index (χ3n) is 3.25. The molecule has 0 aromatic carbocycles. The molecule has 0 aromatic rings. The average molecular weight is 238 g/mol. The Morgan fingerprint density at radius 3 is 2.65 bits per heavy atom. The summed E-state index contributed by atoms with van der Waals surface area (Å²) in [5.41, 5.74) is -0.261. The minimum absolute atomic E-state index is 0.261. The summed E-state index contributed by atoms with van der Waals surface area (Å²) < 4.78 is 0. The number of aliphatic carboxylic acids is 1. The lowest BCUT2D eigenvalue weighted by Crippen LogP contribution is -2.39. The minimum Gasteiger partial charge on any atom is -0.480 e. The highest BCUT2D eigenvalue weighted by molar-refractivity contribution is 5.74. The number of hydrogen-bond donors (Lipinski definition) is 2. The van der Waals surface area contributed by atoms with Crippen LogP contribution in [0.15, 0.2) is 0 Å². The number of carbonyl (C=O) groups is 1. The molecule has 4 nitrogen and oxygen atoms in total. The van der Waals surface area contributed by atoms with Crippen LogP contribution in [0.25, 0.3) is 0 Å². The van der Waals surface area contributed by atoms with E-state index in [0.717, 1.165) is 38.6 Å². The molecule has 1 atom stereocenters. The lowest BCUT2D eigenvalue weighted by Gasteiger charge is -2.16. The normalized spacial score (nSPS) is 17.5. The van der Waals surface area contributed by atoms with Gasteiger partial charge in [0.25, 0.3) is 0 Å². The van der Waals surface area contributed by atoms with Crippen LogP contribution >= 0.6 is 0 Å². The van der Waals surface area contributed by atoms with E-state index in [1.54, 1.807) is 0 Å². The molecule has 4 heteroatoms. The van der Waals surface area contributed by atoms with Gasteiger partial charge < -0.3 is 10.4 Å². The Balaban J connectivity index is 2.11. The fourth-order valence-electron chi connectivity index (χ4n) is 1.89. The van der Waals surface area contributed by atoms with Gasteiger partial charge in [0, 0.05) is 0 Å². The second kappa shape index (κ2) is 6.02. The Labute approximate surface area is 103 Å². The van der Waals surface area contributed by atoms with Crippen LogP contribution in [0.5, 0.6) is 0 Å². The molecule has 1 aliphatic rings.